The number of benzene rings is 3. The van der Waals surface area contributed by atoms with Gasteiger partial charge in [0.15, 0.2) is 11.2 Å². The van der Waals surface area contributed by atoms with Gasteiger partial charge < -0.3 is 14.8 Å². The zero-order valence-electron chi connectivity index (χ0n) is 20.1. The van der Waals surface area contributed by atoms with E-state index < -0.39 is 5.97 Å². The lowest BCUT2D eigenvalue weighted by Crippen LogP contribution is -2.14. The first-order valence-corrected chi connectivity index (χ1v) is 11.5. The number of Topliss-reactive ketones (excluding diaryl/α,β-unsaturated/α-hetero) is 1. The van der Waals surface area contributed by atoms with Crippen molar-refractivity contribution in [3.63, 3.8) is 0 Å². The third-order valence-corrected chi connectivity index (χ3v) is 6.16. The Labute approximate surface area is 203 Å². The number of carbonyl (C=O) groups is 2. The van der Waals surface area contributed by atoms with Gasteiger partial charge in [0.25, 0.3) is 0 Å². The van der Waals surface area contributed by atoms with Crippen molar-refractivity contribution < 1.29 is 19.1 Å². The average Bonchev–Trinajstić information content (AvgIpc) is 2.85. The quantitative estimate of drug-likeness (QED) is 0.298. The molecule has 0 amide bonds. The largest absolute Gasteiger partial charge is 0.478 e. The van der Waals surface area contributed by atoms with E-state index in [1.54, 1.807) is 49.4 Å². The van der Waals surface area contributed by atoms with Gasteiger partial charge >= 0.3 is 5.97 Å². The zero-order valence-corrected chi connectivity index (χ0v) is 20.1. The van der Waals surface area contributed by atoms with Gasteiger partial charge in [-0.1, -0.05) is 43.3 Å². The summed E-state index contributed by atoms with van der Waals surface area (Å²) in [4.78, 5) is 37.3. The van der Waals surface area contributed by atoms with Gasteiger partial charge in [0.2, 0.25) is 0 Å². The number of carboxylic acids is 1. The predicted octanol–water partition coefficient (Wildman–Crippen LogP) is 6.54. The van der Waals surface area contributed by atoms with E-state index in [0.717, 1.165) is 11.1 Å². The van der Waals surface area contributed by atoms with Crippen LogP contribution in [0, 0.1) is 13.8 Å². The summed E-state index contributed by atoms with van der Waals surface area (Å²) in [6.45, 7) is 7.33. The van der Waals surface area contributed by atoms with Crippen LogP contribution < -0.4 is 10.7 Å². The third kappa shape index (κ3) is 4.60. The molecule has 0 saturated heterocycles. The highest BCUT2D eigenvalue weighted by Crippen LogP contribution is 2.33. The van der Waals surface area contributed by atoms with Gasteiger partial charge in [-0.2, -0.15) is 0 Å². The van der Waals surface area contributed by atoms with Crippen molar-refractivity contribution in [3.05, 3.63) is 98.7 Å². The fourth-order valence-corrected chi connectivity index (χ4v) is 4.31. The summed E-state index contributed by atoms with van der Waals surface area (Å²) in [7, 11) is 0. The summed E-state index contributed by atoms with van der Waals surface area (Å²) in [5.41, 5.74) is 4.24. The highest BCUT2D eigenvalue weighted by molar-refractivity contribution is 5.97. The summed E-state index contributed by atoms with van der Waals surface area (Å²) < 4.78 is 6.38. The normalized spacial score (nSPS) is 11.9. The summed E-state index contributed by atoms with van der Waals surface area (Å²) in [6, 6.07) is 17.2. The Morgan fingerprint density at radius 1 is 1.03 bits per heavy atom. The molecule has 35 heavy (non-hydrogen) atoms. The molecule has 2 N–H and O–H groups in total. The van der Waals surface area contributed by atoms with Crippen LogP contribution in [0.15, 0.2) is 69.9 Å². The first-order valence-electron chi connectivity index (χ1n) is 11.5. The molecule has 4 aromatic rings. The first-order chi connectivity index (χ1) is 16.7. The fourth-order valence-electron chi connectivity index (χ4n) is 4.31. The number of nitrogens with one attached hydrogen (secondary N) is 1. The van der Waals surface area contributed by atoms with Crippen LogP contribution in [-0.4, -0.2) is 16.9 Å². The summed E-state index contributed by atoms with van der Waals surface area (Å²) in [6.07, 6.45) is 0.383. The molecule has 1 heterocycles. The lowest BCUT2D eigenvalue weighted by molar-refractivity contribution is 0.0697. The molecular formula is C29H27NO5. The van der Waals surface area contributed by atoms with Crippen LogP contribution in [0.25, 0.3) is 22.3 Å². The van der Waals surface area contributed by atoms with Crippen molar-refractivity contribution in [1.82, 2.24) is 0 Å². The molecular weight excluding hydrogens is 442 g/mol. The number of anilines is 1. The maximum atomic E-state index is 13.4. The van der Waals surface area contributed by atoms with Gasteiger partial charge in [0, 0.05) is 34.4 Å². The minimum Gasteiger partial charge on any atom is -0.478 e. The standard InChI is InChI=1S/C29H27NO5/c1-5-25(31)19-9-8-10-20(15-19)27-17(3)26(32)23-14-16(2)13-22(28(23)35-27)18(4)30-24-12-7-6-11-21(24)29(33)34/h6-15,18,30H,5H2,1-4H3,(H,33,34)/t18-/m1/s1. The van der Waals surface area contributed by atoms with Gasteiger partial charge in [-0.25, -0.2) is 4.79 Å². The highest BCUT2D eigenvalue weighted by atomic mass is 16.4. The van der Waals surface area contributed by atoms with Crippen LogP contribution in [0.1, 0.15) is 63.7 Å². The molecule has 0 fully saturated rings. The molecule has 0 spiro atoms. The van der Waals surface area contributed by atoms with E-state index in [2.05, 4.69) is 5.32 Å². The van der Waals surface area contributed by atoms with Crippen molar-refractivity contribution >= 4 is 28.4 Å². The van der Waals surface area contributed by atoms with Crippen LogP contribution >= 0.6 is 0 Å². The molecule has 4 rings (SSSR count). The van der Waals surface area contributed by atoms with E-state index in [0.29, 0.717) is 45.5 Å². The van der Waals surface area contributed by atoms with Crippen LogP contribution in [0.2, 0.25) is 0 Å². The number of aromatic carboxylic acids is 1. The molecule has 0 radical (unpaired) electrons. The van der Waals surface area contributed by atoms with Gasteiger partial charge in [-0.3, -0.25) is 9.59 Å². The molecule has 3 aromatic carbocycles. The van der Waals surface area contributed by atoms with E-state index in [1.807, 2.05) is 32.9 Å². The third-order valence-electron chi connectivity index (χ3n) is 6.16. The molecule has 1 atom stereocenters. The molecule has 6 nitrogen and oxygen atoms in total. The van der Waals surface area contributed by atoms with Crippen molar-refractivity contribution in [2.45, 2.75) is 40.2 Å². The zero-order chi connectivity index (χ0) is 25.3. The number of aryl methyl sites for hydroxylation is 1. The SMILES string of the molecule is CCC(=O)c1cccc(-c2oc3c([C@@H](C)Nc4ccccc4C(=O)O)cc(C)cc3c(=O)c2C)c1. The van der Waals surface area contributed by atoms with Crippen LogP contribution in [0.3, 0.4) is 0 Å². The Kier molecular flexibility index (Phi) is 6.56. The van der Waals surface area contributed by atoms with Crippen molar-refractivity contribution in [1.29, 1.82) is 0 Å². The Hall–Kier alpha value is -4.19. The maximum absolute atomic E-state index is 13.4. The van der Waals surface area contributed by atoms with Crippen molar-refractivity contribution in [2.24, 2.45) is 0 Å². The van der Waals surface area contributed by atoms with Crippen LogP contribution in [0.5, 0.6) is 0 Å². The van der Waals surface area contributed by atoms with Crippen molar-refractivity contribution in [2.75, 3.05) is 5.32 Å². The summed E-state index contributed by atoms with van der Waals surface area (Å²) >= 11 is 0. The highest BCUT2D eigenvalue weighted by Gasteiger charge is 2.20. The number of carboxylic acid groups (broad SMARTS) is 1. The fraction of sp³-hybridized carbons (Fsp3) is 0.207. The number of hydrogen-bond donors (Lipinski definition) is 2. The van der Waals surface area contributed by atoms with E-state index >= 15 is 0 Å². The molecule has 0 aliphatic carbocycles. The monoisotopic (exact) mass is 469 g/mol. The topological polar surface area (TPSA) is 96.6 Å². The Balaban J connectivity index is 1.89. The number of ketones is 1. The lowest BCUT2D eigenvalue weighted by atomic mass is 9.97. The van der Waals surface area contributed by atoms with E-state index in [9.17, 15) is 19.5 Å². The van der Waals surface area contributed by atoms with E-state index in [1.165, 1.54) is 6.07 Å². The second-order valence-electron chi connectivity index (χ2n) is 8.69. The van der Waals surface area contributed by atoms with Crippen LogP contribution in [0.4, 0.5) is 5.69 Å². The molecule has 0 aliphatic rings. The number of rotatable bonds is 7. The molecule has 0 unspecified atom stereocenters. The Morgan fingerprint density at radius 2 is 1.77 bits per heavy atom. The van der Waals surface area contributed by atoms with Crippen molar-refractivity contribution in [3.8, 4) is 11.3 Å². The summed E-state index contributed by atoms with van der Waals surface area (Å²) in [5.74, 6) is -0.601. The van der Waals surface area contributed by atoms with Gasteiger partial charge in [0.1, 0.15) is 11.3 Å². The minimum atomic E-state index is -1.03. The van der Waals surface area contributed by atoms with Gasteiger partial charge in [-0.05, 0) is 50.6 Å². The lowest BCUT2D eigenvalue weighted by Gasteiger charge is -2.20. The van der Waals surface area contributed by atoms with Gasteiger partial charge in [0.05, 0.1) is 17.0 Å². The van der Waals surface area contributed by atoms with E-state index in [4.69, 9.17) is 4.42 Å². The second kappa shape index (κ2) is 9.58. The minimum absolute atomic E-state index is 0.0128. The number of para-hydroxylation sites is 1. The van der Waals surface area contributed by atoms with Crippen LogP contribution in [-0.2, 0) is 0 Å². The van der Waals surface area contributed by atoms with E-state index in [-0.39, 0.29) is 22.8 Å². The average molecular weight is 470 g/mol. The Bertz CT molecular complexity index is 1520. The Morgan fingerprint density at radius 3 is 2.49 bits per heavy atom. The maximum Gasteiger partial charge on any atom is 0.337 e. The molecule has 178 valence electrons. The molecule has 0 aliphatic heterocycles. The predicted molar refractivity (Wildman–Crippen MR) is 137 cm³/mol. The number of hydrogen-bond acceptors (Lipinski definition) is 5. The smallest absolute Gasteiger partial charge is 0.337 e. The molecule has 1 aromatic heterocycles. The second-order valence-corrected chi connectivity index (χ2v) is 8.69. The molecule has 0 saturated carbocycles. The molecule has 0 bridgehead atoms. The number of carbonyl (C=O) groups excluding carboxylic acids is 1. The summed E-state index contributed by atoms with van der Waals surface area (Å²) in [5, 5.41) is 13.3. The molecule has 6 heteroatoms. The van der Waals surface area contributed by atoms with Gasteiger partial charge in [-0.15, -0.1) is 0 Å². The first kappa shape index (κ1) is 24.0. The number of fused-ring (bicyclic) bond motifs is 1.